The zero-order valence-electron chi connectivity index (χ0n) is 8.82. The summed E-state index contributed by atoms with van der Waals surface area (Å²) in [6.07, 6.45) is -2.78. The van der Waals surface area contributed by atoms with Crippen molar-refractivity contribution in [2.24, 2.45) is 0 Å². The molecule has 17 heavy (non-hydrogen) atoms. The number of anilines is 1. The molecule has 1 aromatic rings. The number of rotatable bonds is 1. The molecule has 0 aromatic heterocycles. The Morgan fingerprint density at radius 2 is 1.71 bits per heavy atom. The van der Waals surface area contributed by atoms with Gasteiger partial charge in [0.1, 0.15) is 11.4 Å². The maximum atomic E-state index is 13.2. The number of hydrogen-bond acceptors (Lipinski definition) is 1. The third-order valence-corrected chi connectivity index (χ3v) is 3.60. The van der Waals surface area contributed by atoms with Gasteiger partial charge in [0.25, 0.3) is 0 Å². The Morgan fingerprint density at radius 3 is 2.24 bits per heavy atom. The monoisotopic (exact) mass is 311 g/mol. The summed E-state index contributed by atoms with van der Waals surface area (Å²) in [6, 6.07) is 2.27. The molecule has 1 nitrogen and oxygen atoms in total. The van der Waals surface area contributed by atoms with E-state index < -0.39 is 17.6 Å². The Morgan fingerprint density at radius 1 is 1.12 bits per heavy atom. The second-order valence-corrected chi connectivity index (χ2v) is 4.74. The van der Waals surface area contributed by atoms with Crippen LogP contribution in [0.5, 0.6) is 0 Å². The number of benzene rings is 1. The molecule has 0 bridgehead atoms. The molecule has 2 rings (SSSR count). The fraction of sp³-hybridized carbons (Fsp3) is 0.455. The third-order valence-electron chi connectivity index (χ3n) is 2.80. The lowest BCUT2D eigenvalue weighted by molar-refractivity contribution is -0.140. The van der Waals surface area contributed by atoms with E-state index in [1.54, 1.807) is 0 Å². The van der Waals surface area contributed by atoms with Gasteiger partial charge in [0.15, 0.2) is 0 Å². The van der Waals surface area contributed by atoms with Gasteiger partial charge in [-0.05, 0) is 40.9 Å². The molecule has 0 aliphatic carbocycles. The van der Waals surface area contributed by atoms with Gasteiger partial charge in [0, 0.05) is 13.1 Å². The second-order valence-electron chi connectivity index (χ2n) is 3.95. The maximum Gasteiger partial charge on any atom is 0.420 e. The predicted molar refractivity (Wildman–Crippen MR) is 60.5 cm³/mol. The molecule has 0 spiro atoms. The highest BCUT2D eigenvalue weighted by molar-refractivity contribution is 9.10. The topological polar surface area (TPSA) is 3.24 Å². The molecular weight excluding hydrogens is 302 g/mol. The molecule has 94 valence electrons. The quantitative estimate of drug-likeness (QED) is 0.702. The van der Waals surface area contributed by atoms with Crippen LogP contribution in [-0.4, -0.2) is 13.1 Å². The summed E-state index contributed by atoms with van der Waals surface area (Å²) in [5.41, 5.74) is -0.807. The van der Waals surface area contributed by atoms with Gasteiger partial charge in [-0.25, -0.2) is 4.39 Å². The zero-order valence-corrected chi connectivity index (χ0v) is 10.4. The Balaban J connectivity index is 2.49. The van der Waals surface area contributed by atoms with Crippen LogP contribution < -0.4 is 4.90 Å². The van der Waals surface area contributed by atoms with E-state index in [1.165, 1.54) is 6.07 Å². The summed E-state index contributed by atoms with van der Waals surface area (Å²) in [6.45, 7) is 1.42. The van der Waals surface area contributed by atoms with E-state index in [-0.39, 0.29) is 4.47 Å². The molecule has 0 N–H and O–H groups in total. The molecule has 1 heterocycles. The molecular formula is C11H10BrF4N. The molecule has 1 aromatic carbocycles. The lowest BCUT2D eigenvalue weighted by Crippen LogP contribution is -2.20. The van der Waals surface area contributed by atoms with E-state index in [2.05, 4.69) is 15.9 Å². The average Bonchev–Trinajstić information content (AvgIpc) is 2.68. The standard InChI is InChI=1S/C11H10BrF4N/c12-10-8(17-5-1-2-6-17)4-3-7(13)9(10)11(14,15)16/h3-4H,1-2,5-6H2. The Bertz CT molecular complexity index is 424. The highest BCUT2D eigenvalue weighted by Crippen LogP contribution is 2.42. The first-order chi connectivity index (χ1) is 7.91. The van der Waals surface area contributed by atoms with Crippen LogP contribution in [0.1, 0.15) is 18.4 Å². The van der Waals surface area contributed by atoms with E-state index in [0.717, 1.165) is 18.9 Å². The lowest BCUT2D eigenvalue weighted by atomic mass is 10.1. The number of nitrogens with zero attached hydrogens (tertiary/aromatic N) is 1. The van der Waals surface area contributed by atoms with Gasteiger partial charge in [0.05, 0.1) is 10.2 Å². The largest absolute Gasteiger partial charge is 0.420 e. The van der Waals surface area contributed by atoms with Crippen LogP contribution in [0.15, 0.2) is 16.6 Å². The van der Waals surface area contributed by atoms with Crippen molar-refractivity contribution in [1.29, 1.82) is 0 Å². The van der Waals surface area contributed by atoms with Gasteiger partial charge in [0.2, 0.25) is 0 Å². The number of hydrogen-bond donors (Lipinski definition) is 0. The van der Waals surface area contributed by atoms with Crippen molar-refractivity contribution in [1.82, 2.24) is 0 Å². The summed E-state index contributed by atoms with van der Waals surface area (Å²) in [7, 11) is 0. The summed E-state index contributed by atoms with van der Waals surface area (Å²) in [5, 5.41) is 0. The van der Waals surface area contributed by atoms with E-state index in [0.29, 0.717) is 18.8 Å². The van der Waals surface area contributed by atoms with Gasteiger partial charge >= 0.3 is 6.18 Å². The molecule has 1 fully saturated rings. The molecule has 1 saturated heterocycles. The van der Waals surface area contributed by atoms with Crippen molar-refractivity contribution in [2.45, 2.75) is 19.0 Å². The Kier molecular flexibility index (Phi) is 3.34. The first-order valence-corrected chi connectivity index (χ1v) is 6.00. The van der Waals surface area contributed by atoms with Crippen LogP contribution in [-0.2, 0) is 6.18 Å². The average molecular weight is 312 g/mol. The molecule has 1 aliphatic rings. The third kappa shape index (κ3) is 2.41. The predicted octanol–water partition coefficient (Wildman–Crippen LogP) is 4.21. The minimum Gasteiger partial charge on any atom is -0.371 e. The van der Waals surface area contributed by atoms with Crippen molar-refractivity contribution in [3.05, 3.63) is 28.0 Å². The van der Waals surface area contributed by atoms with Crippen LogP contribution >= 0.6 is 15.9 Å². The van der Waals surface area contributed by atoms with Crippen molar-refractivity contribution in [2.75, 3.05) is 18.0 Å². The summed E-state index contributed by atoms with van der Waals surface area (Å²) in [5.74, 6) is -1.24. The van der Waals surface area contributed by atoms with Crippen molar-refractivity contribution in [3.8, 4) is 0 Å². The summed E-state index contributed by atoms with van der Waals surface area (Å²) in [4.78, 5) is 1.83. The molecule has 1 aliphatic heterocycles. The highest BCUT2D eigenvalue weighted by Gasteiger charge is 2.38. The van der Waals surface area contributed by atoms with Crippen LogP contribution in [0.4, 0.5) is 23.2 Å². The van der Waals surface area contributed by atoms with Gasteiger partial charge in [-0.2, -0.15) is 13.2 Å². The first kappa shape index (κ1) is 12.7. The van der Waals surface area contributed by atoms with Gasteiger partial charge < -0.3 is 4.90 Å². The van der Waals surface area contributed by atoms with Crippen molar-refractivity contribution < 1.29 is 17.6 Å². The normalized spacial score (nSPS) is 16.6. The van der Waals surface area contributed by atoms with E-state index in [4.69, 9.17) is 0 Å². The minimum atomic E-state index is -4.68. The van der Waals surface area contributed by atoms with Crippen LogP contribution in [0.2, 0.25) is 0 Å². The van der Waals surface area contributed by atoms with Crippen LogP contribution in [0.25, 0.3) is 0 Å². The fourth-order valence-corrected chi connectivity index (χ4v) is 2.80. The van der Waals surface area contributed by atoms with E-state index >= 15 is 0 Å². The minimum absolute atomic E-state index is 0.202. The van der Waals surface area contributed by atoms with Crippen LogP contribution in [0.3, 0.4) is 0 Å². The van der Waals surface area contributed by atoms with Crippen molar-refractivity contribution >= 4 is 21.6 Å². The molecule has 0 unspecified atom stereocenters. The second kappa shape index (κ2) is 4.48. The smallest absolute Gasteiger partial charge is 0.371 e. The SMILES string of the molecule is Fc1ccc(N2CCCC2)c(Br)c1C(F)(F)F. The van der Waals surface area contributed by atoms with Gasteiger partial charge in [-0.1, -0.05) is 0 Å². The number of halogens is 5. The number of alkyl halides is 3. The fourth-order valence-electron chi connectivity index (χ4n) is 2.00. The van der Waals surface area contributed by atoms with Crippen LogP contribution in [0, 0.1) is 5.82 Å². The molecule has 0 atom stereocenters. The maximum absolute atomic E-state index is 13.2. The Hall–Kier alpha value is -0.780. The summed E-state index contributed by atoms with van der Waals surface area (Å²) >= 11 is 2.88. The van der Waals surface area contributed by atoms with E-state index in [9.17, 15) is 17.6 Å². The molecule has 0 amide bonds. The lowest BCUT2D eigenvalue weighted by Gasteiger charge is -2.22. The highest BCUT2D eigenvalue weighted by atomic mass is 79.9. The first-order valence-electron chi connectivity index (χ1n) is 5.21. The Labute approximate surface area is 105 Å². The van der Waals surface area contributed by atoms with Crippen molar-refractivity contribution in [3.63, 3.8) is 0 Å². The molecule has 6 heteroatoms. The molecule has 0 radical (unpaired) electrons. The van der Waals surface area contributed by atoms with Gasteiger partial charge in [-0.15, -0.1) is 0 Å². The van der Waals surface area contributed by atoms with Gasteiger partial charge in [-0.3, -0.25) is 0 Å². The molecule has 0 saturated carbocycles. The summed E-state index contributed by atoms with van der Waals surface area (Å²) < 4.78 is 51.1. The zero-order chi connectivity index (χ0) is 12.6. The van der Waals surface area contributed by atoms with E-state index in [1.807, 2.05) is 4.90 Å².